The lowest BCUT2D eigenvalue weighted by Gasteiger charge is -2.05. The molecular formula is C11H9F2N5OS. The summed E-state index contributed by atoms with van der Waals surface area (Å²) in [4.78, 5) is 0. The molecule has 0 aliphatic heterocycles. The van der Waals surface area contributed by atoms with Gasteiger partial charge in [0.15, 0.2) is 5.82 Å². The largest absolute Gasteiger partial charge is 0.435 e. The molecule has 0 aliphatic carbocycles. The Morgan fingerprint density at radius 2 is 2.05 bits per heavy atom. The minimum atomic E-state index is -2.87. The minimum Gasteiger partial charge on any atom is -0.435 e. The number of hydrogen-bond donors (Lipinski definition) is 1. The van der Waals surface area contributed by atoms with Crippen molar-refractivity contribution in [3.8, 4) is 23.2 Å². The van der Waals surface area contributed by atoms with Gasteiger partial charge in [-0.1, -0.05) is 11.8 Å². The maximum Gasteiger partial charge on any atom is 0.387 e. The van der Waals surface area contributed by atoms with Gasteiger partial charge in [-0.05, 0) is 24.3 Å². The molecule has 2 rings (SSSR count). The molecule has 2 N–H and O–H groups in total. The molecule has 0 amide bonds. The Bertz CT molecular complexity index is 623. The summed E-state index contributed by atoms with van der Waals surface area (Å²) in [6.07, 6.45) is 0. The number of alkyl halides is 2. The molecule has 0 atom stereocenters. The lowest BCUT2D eigenvalue weighted by Crippen LogP contribution is -2.11. The summed E-state index contributed by atoms with van der Waals surface area (Å²) >= 11 is 1.15. The molecular weight excluding hydrogens is 288 g/mol. The normalized spacial score (nSPS) is 10.5. The summed E-state index contributed by atoms with van der Waals surface area (Å²) in [7, 11) is 0. The Morgan fingerprint density at radius 3 is 2.65 bits per heavy atom. The second kappa shape index (κ2) is 6.21. The van der Waals surface area contributed by atoms with Crippen LogP contribution in [0.25, 0.3) is 11.4 Å². The van der Waals surface area contributed by atoms with Crippen LogP contribution in [0.5, 0.6) is 5.75 Å². The number of thioether (sulfide) groups is 1. The number of rotatable bonds is 5. The highest BCUT2D eigenvalue weighted by Gasteiger charge is 2.12. The first-order valence-electron chi connectivity index (χ1n) is 5.37. The van der Waals surface area contributed by atoms with Gasteiger partial charge in [-0.3, -0.25) is 0 Å². The zero-order chi connectivity index (χ0) is 14.5. The maximum absolute atomic E-state index is 12.0. The first kappa shape index (κ1) is 14.1. The number of ether oxygens (including phenoxy) is 1. The van der Waals surface area contributed by atoms with E-state index in [9.17, 15) is 8.78 Å². The van der Waals surface area contributed by atoms with Crippen LogP contribution in [-0.4, -0.2) is 27.2 Å². The van der Waals surface area contributed by atoms with Crippen LogP contribution < -0.4 is 10.6 Å². The molecule has 104 valence electrons. The standard InChI is InChI=1S/C11H9F2N5OS/c12-10(13)19-8-3-1-7(2-4-8)9-16-17-11(18(9)15)20-6-5-14/h1-4,10H,6,15H2. The number of nitriles is 1. The van der Waals surface area contributed by atoms with E-state index in [1.165, 1.54) is 16.8 Å². The number of halogens is 2. The highest BCUT2D eigenvalue weighted by molar-refractivity contribution is 7.99. The van der Waals surface area contributed by atoms with Crippen LogP contribution >= 0.6 is 11.8 Å². The Kier molecular flexibility index (Phi) is 4.37. The van der Waals surface area contributed by atoms with Crippen LogP contribution in [0, 0.1) is 11.3 Å². The fourth-order valence-corrected chi connectivity index (χ4v) is 1.97. The van der Waals surface area contributed by atoms with Gasteiger partial charge in [0, 0.05) is 5.56 Å². The molecule has 0 spiro atoms. The van der Waals surface area contributed by atoms with E-state index >= 15 is 0 Å². The fourth-order valence-electron chi connectivity index (χ4n) is 1.45. The van der Waals surface area contributed by atoms with Crippen molar-refractivity contribution in [1.82, 2.24) is 14.9 Å². The van der Waals surface area contributed by atoms with E-state index < -0.39 is 6.61 Å². The lowest BCUT2D eigenvalue weighted by atomic mass is 10.2. The topological polar surface area (TPSA) is 89.8 Å². The summed E-state index contributed by atoms with van der Waals surface area (Å²) in [6.45, 7) is -2.87. The van der Waals surface area contributed by atoms with Crippen LogP contribution in [0.3, 0.4) is 0 Å². The molecule has 1 aromatic carbocycles. The van der Waals surface area contributed by atoms with Gasteiger partial charge in [-0.15, -0.1) is 10.2 Å². The quantitative estimate of drug-likeness (QED) is 0.669. The Hall–Kier alpha value is -2.34. The van der Waals surface area contributed by atoms with Crippen molar-refractivity contribution < 1.29 is 13.5 Å². The summed E-state index contributed by atoms with van der Waals surface area (Å²) in [5.41, 5.74) is 0.602. The summed E-state index contributed by atoms with van der Waals surface area (Å²) < 4.78 is 29.6. The first-order valence-corrected chi connectivity index (χ1v) is 6.36. The van der Waals surface area contributed by atoms with E-state index in [0.717, 1.165) is 11.8 Å². The summed E-state index contributed by atoms with van der Waals surface area (Å²) in [5.74, 6) is 6.43. The second-order valence-corrected chi connectivity index (χ2v) is 4.47. The van der Waals surface area contributed by atoms with E-state index in [4.69, 9.17) is 11.1 Å². The lowest BCUT2D eigenvalue weighted by molar-refractivity contribution is -0.0498. The van der Waals surface area contributed by atoms with E-state index in [-0.39, 0.29) is 11.5 Å². The number of benzene rings is 1. The van der Waals surface area contributed by atoms with Crippen molar-refractivity contribution in [2.75, 3.05) is 11.6 Å². The monoisotopic (exact) mass is 297 g/mol. The molecule has 0 unspecified atom stereocenters. The fraction of sp³-hybridized carbons (Fsp3) is 0.182. The molecule has 9 heteroatoms. The Labute approximate surface area is 117 Å². The minimum absolute atomic E-state index is 0.0471. The first-order chi connectivity index (χ1) is 9.61. The van der Waals surface area contributed by atoms with Crippen molar-refractivity contribution in [2.45, 2.75) is 11.8 Å². The Morgan fingerprint density at radius 1 is 1.35 bits per heavy atom. The summed E-state index contributed by atoms with van der Waals surface area (Å²) in [5, 5.41) is 16.6. The predicted octanol–water partition coefficient (Wildman–Crippen LogP) is 1.88. The molecule has 0 fully saturated rings. The molecule has 0 bridgehead atoms. The van der Waals surface area contributed by atoms with Crippen molar-refractivity contribution in [3.05, 3.63) is 24.3 Å². The van der Waals surface area contributed by atoms with Gasteiger partial charge >= 0.3 is 6.61 Å². The molecule has 0 saturated carbocycles. The number of hydrogen-bond acceptors (Lipinski definition) is 6. The average molecular weight is 297 g/mol. The van der Waals surface area contributed by atoms with Crippen molar-refractivity contribution in [2.24, 2.45) is 0 Å². The molecule has 2 aromatic rings. The van der Waals surface area contributed by atoms with Crippen molar-refractivity contribution >= 4 is 11.8 Å². The van der Waals surface area contributed by atoms with Crippen molar-refractivity contribution in [1.29, 1.82) is 5.26 Å². The van der Waals surface area contributed by atoms with Gasteiger partial charge in [-0.2, -0.15) is 14.0 Å². The molecule has 20 heavy (non-hydrogen) atoms. The van der Waals surface area contributed by atoms with E-state index in [1.54, 1.807) is 12.1 Å². The third-order valence-electron chi connectivity index (χ3n) is 2.27. The molecule has 0 aliphatic rings. The zero-order valence-electron chi connectivity index (χ0n) is 10.0. The Balaban J connectivity index is 2.19. The number of aromatic nitrogens is 3. The average Bonchev–Trinajstić information content (AvgIpc) is 2.78. The van der Waals surface area contributed by atoms with Gasteiger partial charge in [0.05, 0.1) is 11.8 Å². The van der Waals surface area contributed by atoms with Crippen molar-refractivity contribution in [3.63, 3.8) is 0 Å². The predicted molar refractivity (Wildman–Crippen MR) is 68.6 cm³/mol. The SMILES string of the molecule is N#CCSc1nnc(-c2ccc(OC(F)F)cc2)n1N. The van der Waals surface area contributed by atoms with E-state index in [2.05, 4.69) is 14.9 Å². The van der Waals surface area contributed by atoms with E-state index in [1.807, 2.05) is 6.07 Å². The summed E-state index contributed by atoms with van der Waals surface area (Å²) in [6, 6.07) is 7.82. The van der Waals surface area contributed by atoms with Gasteiger partial charge in [0.25, 0.3) is 0 Å². The van der Waals surface area contributed by atoms with Crippen LogP contribution in [0.15, 0.2) is 29.4 Å². The molecule has 0 saturated heterocycles. The van der Waals surface area contributed by atoms with Gasteiger partial charge < -0.3 is 10.6 Å². The van der Waals surface area contributed by atoms with Crippen LogP contribution in [0.2, 0.25) is 0 Å². The number of nitrogens with two attached hydrogens (primary N) is 1. The van der Waals surface area contributed by atoms with Crippen LogP contribution in [0.4, 0.5) is 8.78 Å². The zero-order valence-corrected chi connectivity index (χ0v) is 10.8. The molecule has 1 heterocycles. The second-order valence-electron chi connectivity index (χ2n) is 3.53. The van der Waals surface area contributed by atoms with Gasteiger partial charge in [0.1, 0.15) is 5.75 Å². The maximum atomic E-state index is 12.0. The molecule has 1 aromatic heterocycles. The number of nitrogens with zero attached hydrogens (tertiary/aromatic N) is 4. The third-order valence-corrected chi connectivity index (χ3v) is 3.08. The highest BCUT2D eigenvalue weighted by atomic mass is 32.2. The third kappa shape index (κ3) is 3.16. The van der Waals surface area contributed by atoms with Crippen LogP contribution in [0.1, 0.15) is 0 Å². The number of nitrogen functional groups attached to an aromatic ring is 1. The van der Waals surface area contributed by atoms with E-state index in [0.29, 0.717) is 16.5 Å². The van der Waals surface area contributed by atoms with Crippen LogP contribution in [-0.2, 0) is 0 Å². The smallest absolute Gasteiger partial charge is 0.387 e. The van der Waals surface area contributed by atoms with Gasteiger partial charge in [0.2, 0.25) is 5.16 Å². The van der Waals surface area contributed by atoms with Gasteiger partial charge in [-0.25, -0.2) is 4.68 Å². The molecule has 0 radical (unpaired) electrons. The molecule has 6 nitrogen and oxygen atoms in total. The highest BCUT2D eigenvalue weighted by Crippen LogP contribution is 2.24.